The third kappa shape index (κ3) is 2.94. The molecule has 7 aromatic rings. The number of thiophene rings is 1. The lowest BCUT2D eigenvalue weighted by Gasteiger charge is -2.14. The average molecular weight is 453 g/mol. The van der Waals surface area contributed by atoms with E-state index in [4.69, 9.17) is 4.98 Å². The molecule has 0 aliphatic rings. The van der Waals surface area contributed by atoms with Crippen molar-refractivity contribution in [3.05, 3.63) is 109 Å². The van der Waals surface area contributed by atoms with Crippen LogP contribution < -0.4 is 0 Å². The van der Waals surface area contributed by atoms with Gasteiger partial charge in [0.05, 0.1) is 11.2 Å². The van der Waals surface area contributed by atoms with E-state index in [1.54, 1.807) is 11.3 Å². The van der Waals surface area contributed by atoms with Gasteiger partial charge in [-0.15, -0.1) is 11.3 Å². The van der Waals surface area contributed by atoms with Gasteiger partial charge in [0.1, 0.15) is 4.83 Å². The van der Waals surface area contributed by atoms with Crippen LogP contribution in [-0.2, 0) is 0 Å². The van der Waals surface area contributed by atoms with Crippen LogP contribution in [0.15, 0.2) is 103 Å². The summed E-state index contributed by atoms with van der Waals surface area (Å²) in [4.78, 5) is 10.9. The summed E-state index contributed by atoms with van der Waals surface area (Å²) in [7, 11) is 0. The van der Waals surface area contributed by atoms with Gasteiger partial charge < -0.3 is 0 Å². The van der Waals surface area contributed by atoms with E-state index in [1.165, 1.54) is 53.9 Å². The molecule has 0 bridgehead atoms. The zero-order valence-electron chi connectivity index (χ0n) is 18.6. The van der Waals surface area contributed by atoms with Crippen molar-refractivity contribution in [2.24, 2.45) is 0 Å². The molecule has 4 aromatic carbocycles. The van der Waals surface area contributed by atoms with Gasteiger partial charge in [-0.1, -0.05) is 60.7 Å². The second-order valence-corrected chi connectivity index (χ2v) is 9.75. The summed E-state index contributed by atoms with van der Waals surface area (Å²) in [6, 6.07) is 34.6. The fourth-order valence-corrected chi connectivity index (χ4v) is 6.18. The maximum Gasteiger partial charge on any atom is 0.124 e. The molecule has 0 spiro atoms. The minimum absolute atomic E-state index is 1.00. The molecule has 0 radical (unpaired) electrons. The molecule has 3 aromatic heterocycles. The standard InChI is InChI=1S/C31H20N2S/c1-19-16-25-23-12-7-15-32-31(23)34-30(25)26(17-19)28-18-24(20-8-3-2-4-9-20)29-22-11-6-5-10-21(22)13-14-27(29)33-28/h2-18H,1H3. The Labute approximate surface area is 201 Å². The first-order valence-electron chi connectivity index (χ1n) is 11.4. The van der Waals surface area contributed by atoms with E-state index in [0.717, 1.165) is 16.0 Å². The molecular formula is C31H20N2S. The topological polar surface area (TPSA) is 25.8 Å². The number of fused-ring (bicyclic) bond motifs is 6. The van der Waals surface area contributed by atoms with Crippen LogP contribution >= 0.6 is 11.3 Å². The molecule has 0 amide bonds. The van der Waals surface area contributed by atoms with Gasteiger partial charge in [0, 0.05) is 32.6 Å². The Morgan fingerprint density at radius 2 is 1.50 bits per heavy atom. The van der Waals surface area contributed by atoms with Crippen LogP contribution in [-0.4, -0.2) is 9.97 Å². The summed E-state index contributed by atoms with van der Waals surface area (Å²) in [5, 5.41) is 6.14. The Morgan fingerprint density at radius 3 is 2.41 bits per heavy atom. The van der Waals surface area contributed by atoms with Gasteiger partial charge >= 0.3 is 0 Å². The molecule has 34 heavy (non-hydrogen) atoms. The van der Waals surface area contributed by atoms with Crippen molar-refractivity contribution in [2.75, 3.05) is 0 Å². The molecule has 0 aliphatic carbocycles. The van der Waals surface area contributed by atoms with Gasteiger partial charge in [0.2, 0.25) is 0 Å². The molecule has 3 heteroatoms. The highest BCUT2D eigenvalue weighted by Gasteiger charge is 2.17. The fraction of sp³-hybridized carbons (Fsp3) is 0.0323. The van der Waals surface area contributed by atoms with Crippen molar-refractivity contribution < 1.29 is 0 Å². The molecule has 0 atom stereocenters. The number of benzene rings is 4. The van der Waals surface area contributed by atoms with Gasteiger partial charge in [-0.3, -0.25) is 0 Å². The second-order valence-electron chi connectivity index (χ2n) is 8.75. The number of aromatic nitrogens is 2. The van der Waals surface area contributed by atoms with Gasteiger partial charge in [-0.2, -0.15) is 0 Å². The lowest BCUT2D eigenvalue weighted by atomic mass is 9.94. The van der Waals surface area contributed by atoms with Gasteiger partial charge in [-0.05, 0) is 70.8 Å². The van der Waals surface area contributed by atoms with Crippen molar-refractivity contribution in [3.63, 3.8) is 0 Å². The zero-order valence-corrected chi connectivity index (χ0v) is 19.4. The highest BCUT2D eigenvalue weighted by molar-refractivity contribution is 7.26. The van der Waals surface area contributed by atoms with E-state index < -0.39 is 0 Å². The van der Waals surface area contributed by atoms with Crippen molar-refractivity contribution >= 4 is 53.3 Å². The molecule has 7 rings (SSSR count). The number of aryl methyl sites for hydroxylation is 1. The van der Waals surface area contributed by atoms with Crippen LogP contribution in [0.25, 0.3) is 64.4 Å². The lowest BCUT2D eigenvalue weighted by molar-refractivity contribution is 1.40. The van der Waals surface area contributed by atoms with Crippen LogP contribution in [0.4, 0.5) is 0 Å². The number of hydrogen-bond donors (Lipinski definition) is 0. The Balaban J connectivity index is 1.61. The third-order valence-corrected chi connectivity index (χ3v) is 7.72. The van der Waals surface area contributed by atoms with Crippen molar-refractivity contribution in [1.29, 1.82) is 0 Å². The summed E-state index contributed by atoms with van der Waals surface area (Å²) in [6.07, 6.45) is 1.87. The van der Waals surface area contributed by atoms with Crippen LogP contribution in [0.2, 0.25) is 0 Å². The maximum atomic E-state index is 5.23. The molecule has 3 heterocycles. The van der Waals surface area contributed by atoms with Crippen LogP contribution in [0.1, 0.15) is 5.56 Å². The summed E-state index contributed by atoms with van der Waals surface area (Å²) in [5.41, 5.74) is 6.84. The normalized spacial score (nSPS) is 11.7. The highest BCUT2D eigenvalue weighted by atomic mass is 32.1. The molecule has 2 nitrogen and oxygen atoms in total. The third-order valence-electron chi connectivity index (χ3n) is 6.55. The number of nitrogens with zero attached hydrogens (tertiary/aromatic N) is 2. The molecule has 0 aliphatic heterocycles. The molecule has 0 fully saturated rings. The Bertz CT molecular complexity index is 1870. The van der Waals surface area contributed by atoms with Crippen molar-refractivity contribution in [1.82, 2.24) is 9.97 Å². The fourth-order valence-electron chi connectivity index (χ4n) is 5.04. The van der Waals surface area contributed by atoms with E-state index in [9.17, 15) is 0 Å². The van der Waals surface area contributed by atoms with Gasteiger partial charge in [-0.25, -0.2) is 9.97 Å². The molecular weight excluding hydrogens is 432 g/mol. The molecule has 0 saturated heterocycles. The number of hydrogen-bond acceptors (Lipinski definition) is 3. The quantitative estimate of drug-likeness (QED) is 0.245. The van der Waals surface area contributed by atoms with Crippen molar-refractivity contribution in [2.45, 2.75) is 6.92 Å². The first-order chi connectivity index (χ1) is 16.8. The first kappa shape index (κ1) is 19.4. The average Bonchev–Trinajstić information content (AvgIpc) is 3.26. The highest BCUT2D eigenvalue weighted by Crippen LogP contribution is 2.42. The lowest BCUT2D eigenvalue weighted by Crippen LogP contribution is -1.92. The SMILES string of the molecule is Cc1cc(-c2cc(-c3ccccc3)c3c(ccc4ccccc43)n2)c2sc3ncccc3c2c1. The molecule has 0 saturated carbocycles. The largest absolute Gasteiger partial charge is 0.248 e. The predicted octanol–water partition coefficient (Wildman–Crippen LogP) is 8.79. The minimum atomic E-state index is 1.00. The van der Waals surface area contributed by atoms with Crippen molar-refractivity contribution in [3.8, 4) is 22.4 Å². The molecule has 0 unspecified atom stereocenters. The van der Waals surface area contributed by atoms with Gasteiger partial charge in [0.15, 0.2) is 0 Å². The van der Waals surface area contributed by atoms with E-state index in [-0.39, 0.29) is 0 Å². The Morgan fingerprint density at radius 1 is 0.676 bits per heavy atom. The summed E-state index contributed by atoms with van der Waals surface area (Å²) in [6.45, 7) is 2.16. The van der Waals surface area contributed by atoms with E-state index in [0.29, 0.717) is 0 Å². The van der Waals surface area contributed by atoms with E-state index >= 15 is 0 Å². The van der Waals surface area contributed by atoms with E-state index in [2.05, 4.69) is 103 Å². The van der Waals surface area contributed by atoms with Crippen LogP contribution in [0, 0.1) is 6.92 Å². The van der Waals surface area contributed by atoms with E-state index in [1.807, 2.05) is 12.3 Å². The smallest absolute Gasteiger partial charge is 0.124 e. The summed E-state index contributed by atoms with van der Waals surface area (Å²) >= 11 is 1.75. The monoisotopic (exact) mass is 452 g/mol. The Hall–Kier alpha value is -4.08. The summed E-state index contributed by atoms with van der Waals surface area (Å²) < 4.78 is 1.24. The summed E-state index contributed by atoms with van der Waals surface area (Å²) in [5.74, 6) is 0. The van der Waals surface area contributed by atoms with Crippen LogP contribution in [0.5, 0.6) is 0 Å². The minimum Gasteiger partial charge on any atom is -0.248 e. The molecule has 0 N–H and O–H groups in total. The first-order valence-corrected chi connectivity index (χ1v) is 12.2. The number of rotatable bonds is 2. The molecule has 160 valence electrons. The second kappa shape index (κ2) is 7.47. The Kier molecular flexibility index (Phi) is 4.26. The predicted molar refractivity (Wildman–Crippen MR) is 146 cm³/mol. The number of pyridine rings is 2. The van der Waals surface area contributed by atoms with Crippen LogP contribution in [0.3, 0.4) is 0 Å². The van der Waals surface area contributed by atoms with Gasteiger partial charge in [0.25, 0.3) is 0 Å². The zero-order chi connectivity index (χ0) is 22.6. The maximum absolute atomic E-state index is 5.23.